The summed E-state index contributed by atoms with van der Waals surface area (Å²) in [5.74, 6) is 0.595. The van der Waals surface area contributed by atoms with Crippen LogP contribution in [0.5, 0.6) is 0 Å². The fraction of sp³-hybridized carbons (Fsp3) is 1.00. The third-order valence-corrected chi connectivity index (χ3v) is 6.98. The van der Waals surface area contributed by atoms with Gasteiger partial charge in [0.1, 0.15) is 0 Å². The highest BCUT2D eigenvalue weighted by Crippen LogP contribution is 2.37. The summed E-state index contributed by atoms with van der Waals surface area (Å²) in [7, 11) is -1.55. The molecule has 0 bridgehead atoms. The molecule has 6 heteroatoms. The van der Waals surface area contributed by atoms with Crippen LogP contribution in [-0.2, 0) is 10.2 Å². The number of piperidine rings is 1. The molecule has 1 aliphatic heterocycles. The molecule has 0 radical (unpaired) electrons. The van der Waals surface area contributed by atoms with E-state index >= 15 is 0 Å². The second kappa shape index (κ2) is 7.90. The Morgan fingerprint density at radius 2 is 1.90 bits per heavy atom. The van der Waals surface area contributed by atoms with Crippen LogP contribution < -0.4 is 5.32 Å². The van der Waals surface area contributed by atoms with Crippen molar-refractivity contribution in [2.75, 3.05) is 33.2 Å². The quantitative estimate of drug-likeness (QED) is 0.729. The van der Waals surface area contributed by atoms with Gasteiger partial charge in [-0.3, -0.25) is 0 Å². The van der Waals surface area contributed by atoms with E-state index in [1.165, 1.54) is 25.7 Å². The van der Waals surface area contributed by atoms with Crippen LogP contribution in [0.25, 0.3) is 0 Å². The third kappa shape index (κ3) is 4.18. The molecule has 1 N–H and O–H groups in total. The molecule has 2 aliphatic rings. The van der Waals surface area contributed by atoms with E-state index < -0.39 is 10.2 Å². The van der Waals surface area contributed by atoms with Crippen LogP contribution in [0.4, 0.5) is 0 Å². The van der Waals surface area contributed by atoms with Crippen molar-refractivity contribution >= 4 is 10.2 Å². The highest BCUT2D eigenvalue weighted by molar-refractivity contribution is 7.86. The predicted molar refractivity (Wildman–Crippen MR) is 86.4 cm³/mol. The van der Waals surface area contributed by atoms with E-state index in [1.54, 1.807) is 11.4 Å². The molecule has 2 rings (SSSR count). The predicted octanol–water partition coefficient (Wildman–Crippen LogP) is 1.82. The summed E-state index contributed by atoms with van der Waals surface area (Å²) in [6.07, 6.45) is 7.80. The van der Waals surface area contributed by atoms with Crippen LogP contribution in [0, 0.1) is 5.92 Å². The second-order valence-electron chi connectivity index (χ2n) is 6.40. The minimum atomic E-state index is -3.28. The second-order valence-corrected chi connectivity index (χ2v) is 8.39. The molecular formula is C15H31N3O2S. The lowest BCUT2D eigenvalue weighted by Gasteiger charge is -2.44. The number of hydrogen-bond acceptors (Lipinski definition) is 3. The Kier molecular flexibility index (Phi) is 6.47. The maximum Gasteiger partial charge on any atom is 0.281 e. The van der Waals surface area contributed by atoms with Crippen molar-refractivity contribution in [3.8, 4) is 0 Å². The molecule has 1 saturated heterocycles. The molecule has 124 valence electrons. The van der Waals surface area contributed by atoms with Crippen molar-refractivity contribution in [3.05, 3.63) is 0 Å². The normalized spacial score (nSPS) is 27.8. The minimum Gasteiger partial charge on any atom is -0.317 e. The van der Waals surface area contributed by atoms with Crippen molar-refractivity contribution in [2.45, 2.75) is 57.9 Å². The van der Waals surface area contributed by atoms with Gasteiger partial charge in [-0.2, -0.15) is 17.0 Å². The topological polar surface area (TPSA) is 52.7 Å². The summed E-state index contributed by atoms with van der Waals surface area (Å²) in [4.78, 5) is 0. The van der Waals surface area contributed by atoms with E-state index in [4.69, 9.17) is 0 Å². The molecular weight excluding hydrogens is 286 g/mol. The lowest BCUT2D eigenvalue weighted by Crippen LogP contribution is -2.53. The van der Waals surface area contributed by atoms with Gasteiger partial charge in [0.2, 0.25) is 0 Å². The number of nitrogens with one attached hydrogen (secondary N) is 1. The summed E-state index contributed by atoms with van der Waals surface area (Å²) in [5.41, 5.74) is 0. The molecule has 2 fully saturated rings. The van der Waals surface area contributed by atoms with Crippen LogP contribution in [0.15, 0.2) is 0 Å². The van der Waals surface area contributed by atoms with Gasteiger partial charge in [-0.1, -0.05) is 19.8 Å². The smallest absolute Gasteiger partial charge is 0.281 e. The zero-order chi connectivity index (χ0) is 15.3. The van der Waals surface area contributed by atoms with Gasteiger partial charge in [-0.05, 0) is 51.1 Å². The van der Waals surface area contributed by atoms with Gasteiger partial charge in [-0.25, -0.2) is 0 Å². The summed E-state index contributed by atoms with van der Waals surface area (Å²) in [6, 6.07) is 0.258. The van der Waals surface area contributed by atoms with E-state index in [0.717, 1.165) is 32.4 Å². The first-order valence-corrected chi connectivity index (χ1v) is 9.91. The summed E-state index contributed by atoms with van der Waals surface area (Å²) >= 11 is 0. The van der Waals surface area contributed by atoms with Crippen molar-refractivity contribution < 1.29 is 8.42 Å². The van der Waals surface area contributed by atoms with Crippen LogP contribution >= 0.6 is 0 Å². The fourth-order valence-electron chi connectivity index (χ4n) is 3.76. The molecule has 1 aliphatic carbocycles. The Balaban J connectivity index is 1.96. The first kappa shape index (κ1) is 17.2. The Morgan fingerprint density at radius 3 is 2.67 bits per heavy atom. The monoisotopic (exact) mass is 317 g/mol. The highest BCUT2D eigenvalue weighted by Gasteiger charge is 2.40. The molecule has 1 saturated carbocycles. The number of fused-ring (bicyclic) bond motifs is 1. The van der Waals surface area contributed by atoms with Crippen molar-refractivity contribution in [2.24, 2.45) is 5.92 Å². The largest absolute Gasteiger partial charge is 0.317 e. The maximum atomic E-state index is 12.8. The van der Waals surface area contributed by atoms with Gasteiger partial charge in [0, 0.05) is 26.2 Å². The fourth-order valence-corrected chi connectivity index (χ4v) is 5.46. The average molecular weight is 317 g/mol. The van der Waals surface area contributed by atoms with Gasteiger partial charge in [0.05, 0.1) is 0 Å². The Hall–Kier alpha value is -0.170. The molecule has 0 spiro atoms. The van der Waals surface area contributed by atoms with Crippen molar-refractivity contribution in [1.29, 1.82) is 0 Å². The van der Waals surface area contributed by atoms with E-state index in [0.29, 0.717) is 19.0 Å². The van der Waals surface area contributed by atoms with Gasteiger partial charge in [0.25, 0.3) is 10.2 Å². The molecule has 5 nitrogen and oxygen atoms in total. The zero-order valence-corrected chi connectivity index (χ0v) is 14.4. The molecule has 0 aromatic carbocycles. The van der Waals surface area contributed by atoms with Gasteiger partial charge < -0.3 is 5.32 Å². The number of hydrogen-bond donors (Lipinski definition) is 1. The minimum absolute atomic E-state index is 0.258. The molecule has 0 amide bonds. The van der Waals surface area contributed by atoms with Crippen LogP contribution in [0.3, 0.4) is 0 Å². The maximum absolute atomic E-state index is 12.8. The van der Waals surface area contributed by atoms with Crippen molar-refractivity contribution in [1.82, 2.24) is 13.9 Å². The number of nitrogens with zero attached hydrogens (tertiary/aromatic N) is 2. The van der Waals surface area contributed by atoms with E-state index in [9.17, 15) is 8.42 Å². The van der Waals surface area contributed by atoms with Gasteiger partial charge in [0.15, 0.2) is 0 Å². The molecule has 2 unspecified atom stereocenters. The highest BCUT2D eigenvalue weighted by atomic mass is 32.2. The average Bonchev–Trinajstić information content (AvgIpc) is 2.50. The molecule has 2 atom stereocenters. The van der Waals surface area contributed by atoms with Crippen molar-refractivity contribution in [3.63, 3.8) is 0 Å². The first-order valence-electron chi connectivity index (χ1n) is 8.51. The number of rotatable bonds is 7. The van der Waals surface area contributed by atoms with Gasteiger partial charge >= 0.3 is 0 Å². The lowest BCUT2D eigenvalue weighted by atomic mass is 9.79. The van der Waals surface area contributed by atoms with Gasteiger partial charge in [-0.15, -0.1) is 0 Å². The summed E-state index contributed by atoms with van der Waals surface area (Å²) in [5, 5.41) is 3.24. The first-order chi connectivity index (χ1) is 10.1. The molecule has 21 heavy (non-hydrogen) atoms. The Morgan fingerprint density at radius 1 is 1.19 bits per heavy atom. The molecule has 0 aromatic heterocycles. The van der Waals surface area contributed by atoms with Crippen LogP contribution in [0.1, 0.15) is 51.9 Å². The Labute approximate surface area is 130 Å². The summed E-state index contributed by atoms with van der Waals surface area (Å²) < 4.78 is 29.0. The van der Waals surface area contributed by atoms with Crippen LogP contribution in [0.2, 0.25) is 0 Å². The third-order valence-electron chi connectivity index (χ3n) is 4.96. The molecule has 0 aromatic rings. The van der Waals surface area contributed by atoms with Crippen LogP contribution in [-0.4, -0.2) is 56.3 Å². The Bertz CT molecular complexity index is 411. The SMILES string of the molecule is CCNCCCN(C)S(=O)(=O)N1CCCC2CCCCC21. The van der Waals surface area contributed by atoms with E-state index in [2.05, 4.69) is 12.2 Å². The van der Waals surface area contributed by atoms with E-state index in [-0.39, 0.29) is 6.04 Å². The van der Waals surface area contributed by atoms with E-state index in [1.807, 2.05) is 4.31 Å². The zero-order valence-electron chi connectivity index (χ0n) is 13.6. The standard InChI is InChI=1S/C15H31N3O2S/c1-3-16-11-7-12-17(2)21(19,20)18-13-6-9-14-8-4-5-10-15(14)18/h14-16H,3-13H2,1-2H3. The molecule has 1 heterocycles. The lowest BCUT2D eigenvalue weighted by molar-refractivity contribution is 0.123. The summed E-state index contributed by atoms with van der Waals surface area (Å²) in [6.45, 7) is 5.19.